The van der Waals surface area contributed by atoms with Crippen molar-refractivity contribution in [2.45, 2.75) is 111 Å². The molecule has 2 N–H and O–H groups in total. The second-order valence-electron chi connectivity index (χ2n) is 7.73. The molecule has 2 unspecified atom stereocenters. The monoisotopic (exact) mass is 340 g/mol. The Morgan fingerprint density at radius 1 is 0.708 bits per heavy atom. The minimum absolute atomic E-state index is 0.706. The summed E-state index contributed by atoms with van der Waals surface area (Å²) in [6.07, 6.45) is 17.7. The SMILES string of the molecule is C1CCCCC1.CC.CNCC(C)CNC(C)C1CCCCCC1. The van der Waals surface area contributed by atoms with Crippen LogP contribution in [0.25, 0.3) is 0 Å². The van der Waals surface area contributed by atoms with E-state index in [0.717, 1.165) is 24.9 Å². The number of hydrogen-bond donors (Lipinski definition) is 2. The molecule has 2 saturated carbocycles. The zero-order chi connectivity index (χ0) is 18.0. The average molecular weight is 341 g/mol. The van der Waals surface area contributed by atoms with Crippen LogP contribution < -0.4 is 10.6 Å². The lowest BCUT2D eigenvalue weighted by Crippen LogP contribution is -2.38. The summed E-state index contributed by atoms with van der Waals surface area (Å²) in [4.78, 5) is 0. The van der Waals surface area contributed by atoms with E-state index in [0.29, 0.717) is 6.04 Å². The maximum atomic E-state index is 3.72. The van der Waals surface area contributed by atoms with Crippen molar-refractivity contribution in [1.82, 2.24) is 10.6 Å². The molecule has 0 aromatic heterocycles. The van der Waals surface area contributed by atoms with Gasteiger partial charge in [-0.1, -0.05) is 85.0 Å². The maximum Gasteiger partial charge on any atom is 0.00671 e. The summed E-state index contributed by atoms with van der Waals surface area (Å²) in [5.74, 6) is 1.66. The summed E-state index contributed by atoms with van der Waals surface area (Å²) in [7, 11) is 2.03. The van der Waals surface area contributed by atoms with Crippen LogP contribution in [0.4, 0.5) is 0 Å². The molecule has 0 aromatic carbocycles. The van der Waals surface area contributed by atoms with Crippen LogP contribution in [0.5, 0.6) is 0 Å². The van der Waals surface area contributed by atoms with Crippen LogP contribution in [0.15, 0.2) is 0 Å². The van der Waals surface area contributed by atoms with Crippen molar-refractivity contribution in [2.75, 3.05) is 20.1 Å². The molecule has 2 atom stereocenters. The van der Waals surface area contributed by atoms with Crippen molar-refractivity contribution in [3.63, 3.8) is 0 Å². The summed E-state index contributed by atoms with van der Waals surface area (Å²) in [6.45, 7) is 11.0. The minimum atomic E-state index is 0.706. The molecular formula is C22H48N2. The Balaban J connectivity index is 0.000000547. The van der Waals surface area contributed by atoms with E-state index < -0.39 is 0 Å². The predicted octanol–water partition coefficient (Wildman–Crippen LogP) is 6.16. The first-order valence-electron chi connectivity index (χ1n) is 11.1. The molecule has 0 saturated heterocycles. The summed E-state index contributed by atoms with van der Waals surface area (Å²) in [5, 5.41) is 6.97. The molecule has 146 valence electrons. The highest BCUT2D eigenvalue weighted by Crippen LogP contribution is 2.25. The van der Waals surface area contributed by atoms with Crippen molar-refractivity contribution in [2.24, 2.45) is 11.8 Å². The summed E-state index contributed by atoms with van der Waals surface area (Å²) in [5.41, 5.74) is 0. The van der Waals surface area contributed by atoms with Gasteiger partial charge in [0, 0.05) is 6.04 Å². The lowest BCUT2D eigenvalue weighted by atomic mass is 9.92. The molecule has 2 heteroatoms. The van der Waals surface area contributed by atoms with Crippen LogP contribution >= 0.6 is 0 Å². The van der Waals surface area contributed by atoms with Crippen LogP contribution in [0.1, 0.15) is 105 Å². The van der Waals surface area contributed by atoms with Gasteiger partial charge in [0.25, 0.3) is 0 Å². The summed E-state index contributed by atoms with van der Waals surface area (Å²) >= 11 is 0. The van der Waals surface area contributed by atoms with Gasteiger partial charge in [0.05, 0.1) is 0 Å². The van der Waals surface area contributed by atoms with Gasteiger partial charge >= 0.3 is 0 Å². The Bertz CT molecular complexity index is 219. The van der Waals surface area contributed by atoms with Crippen LogP contribution in [-0.4, -0.2) is 26.2 Å². The van der Waals surface area contributed by atoms with Crippen molar-refractivity contribution in [3.05, 3.63) is 0 Å². The fourth-order valence-corrected chi connectivity index (χ4v) is 3.85. The standard InChI is InChI=1S/C14H30N2.C6H12.C2H6/c1-12(10-15-3)11-16-13(2)14-8-6-4-5-7-9-14;1-2-4-6-5-3-1;1-2/h12-16H,4-11H2,1-3H3;1-6H2;1-2H3. The van der Waals surface area contributed by atoms with Gasteiger partial charge in [-0.25, -0.2) is 0 Å². The summed E-state index contributed by atoms with van der Waals surface area (Å²) in [6, 6.07) is 0.706. The highest BCUT2D eigenvalue weighted by atomic mass is 14.9. The molecule has 0 aromatic rings. The second kappa shape index (κ2) is 17.7. The van der Waals surface area contributed by atoms with E-state index in [-0.39, 0.29) is 0 Å². The van der Waals surface area contributed by atoms with Crippen molar-refractivity contribution in [1.29, 1.82) is 0 Å². The summed E-state index contributed by atoms with van der Waals surface area (Å²) < 4.78 is 0. The van der Waals surface area contributed by atoms with Gasteiger partial charge in [-0.15, -0.1) is 0 Å². The van der Waals surface area contributed by atoms with Crippen molar-refractivity contribution >= 4 is 0 Å². The molecule has 2 fully saturated rings. The average Bonchev–Trinajstić information content (AvgIpc) is 2.93. The lowest BCUT2D eigenvalue weighted by Gasteiger charge is -2.25. The second-order valence-corrected chi connectivity index (χ2v) is 7.73. The molecule has 2 nitrogen and oxygen atoms in total. The van der Waals surface area contributed by atoms with Gasteiger partial charge in [-0.05, 0) is 51.7 Å². The van der Waals surface area contributed by atoms with Gasteiger partial charge in [0.15, 0.2) is 0 Å². The van der Waals surface area contributed by atoms with E-state index in [1.807, 2.05) is 20.9 Å². The third-order valence-electron chi connectivity index (χ3n) is 5.45. The first kappa shape index (κ1) is 23.9. The number of nitrogens with one attached hydrogen (secondary N) is 2. The van der Waals surface area contributed by atoms with Crippen molar-refractivity contribution < 1.29 is 0 Å². The Hall–Kier alpha value is -0.0800. The predicted molar refractivity (Wildman–Crippen MR) is 111 cm³/mol. The van der Waals surface area contributed by atoms with Crippen LogP contribution in [0.2, 0.25) is 0 Å². The van der Waals surface area contributed by atoms with E-state index in [1.165, 1.54) is 77.0 Å². The van der Waals surface area contributed by atoms with Crippen molar-refractivity contribution in [3.8, 4) is 0 Å². The number of rotatable bonds is 6. The third-order valence-corrected chi connectivity index (χ3v) is 5.45. The molecule has 0 spiro atoms. The molecule has 2 aliphatic rings. The third kappa shape index (κ3) is 13.2. The first-order valence-corrected chi connectivity index (χ1v) is 11.1. The van der Waals surface area contributed by atoms with E-state index in [1.54, 1.807) is 0 Å². The van der Waals surface area contributed by atoms with Gasteiger partial charge in [-0.2, -0.15) is 0 Å². The van der Waals surface area contributed by atoms with Crippen LogP contribution in [0.3, 0.4) is 0 Å². The van der Waals surface area contributed by atoms with Gasteiger partial charge in [0.1, 0.15) is 0 Å². The molecule has 0 heterocycles. The van der Waals surface area contributed by atoms with E-state index in [2.05, 4.69) is 24.5 Å². The number of hydrogen-bond acceptors (Lipinski definition) is 2. The molecule has 0 amide bonds. The highest BCUT2D eigenvalue weighted by Gasteiger charge is 2.18. The maximum absolute atomic E-state index is 3.72. The molecule has 0 aliphatic heterocycles. The minimum Gasteiger partial charge on any atom is -0.319 e. The molecule has 0 radical (unpaired) electrons. The van der Waals surface area contributed by atoms with E-state index in [9.17, 15) is 0 Å². The zero-order valence-electron chi connectivity index (χ0n) is 17.6. The fraction of sp³-hybridized carbons (Fsp3) is 1.00. The fourth-order valence-electron chi connectivity index (χ4n) is 3.85. The highest BCUT2D eigenvalue weighted by molar-refractivity contribution is 4.75. The normalized spacial score (nSPS) is 21.4. The zero-order valence-corrected chi connectivity index (χ0v) is 17.6. The Kier molecular flexibility index (Phi) is 17.7. The van der Waals surface area contributed by atoms with Gasteiger partial charge < -0.3 is 10.6 Å². The van der Waals surface area contributed by atoms with Gasteiger partial charge in [0.2, 0.25) is 0 Å². The molecular weight excluding hydrogens is 292 g/mol. The largest absolute Gasteiger partial charge is 0.319 e. The van der Waals surface area contributed by atoms with E-state index >= 15 is 0 Å². The molecule has 0 bridgehead atoms. The molecule has 2 rings (SSSR count). The topological polar surface area (TPSA) is 24.1 Å². The Morgan fingerprint density at radius 2 is 1.12 bits per heavy atom. The lowest BCUT2D eigenvalue weighted by molar-refractivity contribution is 0.321. The van der Waals surface area contributed by atoms with E-state index in [4.69, 9.17) is 0 Å². The van der Waals surface area contributed by atoms with Crippen LogP contribution in [-0.2, 0) is 0 Å². The first-order chi connectivity index (χ1) is 11.7. The molecule has 24 heavy (non-hydrogen) atoms. The Labute approximate surface area is 154 Å². The molecule has 2 aliphatic carbocycles. The quantitative estimate of drug-likeness (QED) is 0.566. The Morgan fingerprint density at radius 3 is 1.54 bits per heavy atom. The smallest absolute Gasteiger partial charge is 0.00671 e. The van der Waals surface area contributed by atoms with Crippen LogP contribution in [0, 0.1) is 11.8 Å². The van der Waals surface area contributed by atoms with Gasteiger partial charge in [-0.3, -0.25) is 0 Å².